The van der Waals surface area contributed by atoms with Gasteiger partial charge in [0.15, 0.2) is 0 Å². The van der Waals surface area contributed by atoms with Crippen molar-refractivity contribution < 1.29 is 27.5 Å². The van der Waals surface area contributed by atoms with Crippen molar-refractivity contribution in [3.8, 4) is 0 Å². The van der Waals surface area contributed by atoms with E-state index in [1.54, 1.807) is 21.8 Å². The van der Waals surface area contributed by atoms with Gasteiger partial charge in [0.05, 0.1) is 18.2 Å². The second kappa shape index (κ2) is 8.83. The fourth-order valence-corrected chi connectivity index (χ4v) is 4.16. The number of hydrogen-bond donors (Lipinski definition) is 0. The van der Waals surface area contributed by atoms with Crippen LogP contribution in [0.25, 0.3) is 0 Å². The van der Waals surface area contributed by atoms with Gasteiger partial charge in [-0.25, -0.2) is 4.79 Å². The zero-order valence-corrected chi connectivity index (χ0v) is 17.5. The van der Waals surface area contributed by atoms with E-state index in [0.29, 0.717) is 38.2 Å². The molecule has 3 amide bonds. The lowest BCUT2D eigenvalue weighted by molar-refractivity contribution is -0.143. The number of benzene rings is 1. The summed E-state index contributed by atoms with van der Waals surface area (Å²) >= 11 is 0. The molecule has 0 aliphatic carbocycles. The third-order valence-electron chi connectivity index (χ3n) is 5.59. The highest BCUT2D eigenvalue weighted by Gasteiger charge is 2.49. The van der Waals surface area contributed by atoms with Crippen molar-refractivity contribution in [2.24, 2.45) is 5.92 Å². The van der Waals surface area contributed by atoms with Gasteiger partial charge in [-0.15, -0.1) is 0 Å². The Morgan fingerprint density at radius 1 is 1.10 bits per heavy atom. The SMILES string of the molecule is COCCN1C[C@H]2CN(Cc3ccc(C(F)(F)F)cc3)C(=O)N2[C@@H](CC(C)C)C1=O. The van der Waals surface area contributed by atoms with Crippen molar-refractivity contribution >= 4 is 11.9 Å². The van der Waals surface area contributed by atoms with Crippen LogP contribution in [0.5, 0.6) is 0 Å². The molecular formula is C21H28F3N3O3. The Morgan fingerprint density at radius 2 is 1.73 bits per heavy atom. The van der Waals surface area contributed by atoms with Gasteiger partial charge >= 0.3 is 12.2 Å². The predicted octanol–water partition coefficient (Wildman–Crippen LogP) is 3.21. The van der Waals surface area contributed by atoms with Crippen molar-refractivity contribution in [2.75, 3.05) is 33.4 Å². The molecule has 0 aromatic heterocycles. The number of ether oxygens (including phenoxy) is 1. The second-order valence-corrected chi connectivity index (χ2v) is 8.34. The first-order chi connectivity index (χ1) is 14.1. The molecule has 0 spiro atoms. The van der Waals surface area contributed by atoms with Crippen molar-refractivity contribution in [1.29, 1.82) is 0 Å². The topological polar surface area (TPSA) is 53.1 Å². The number of methoxy groups -OCH3 is 1. The summed E-state index contributed by atoms with van der Waals surface area (Å²) < 4.78 is 43.5. The molecule has 9 heteroatoms. The van der Waals surface area contributed by atoms with Crippen molar-refractivity contribution in [3.05, 3.63) is 35.4 Å². The summed E-state index contributed by atoms with van der Waals surface area (Å²) in [5, 5.41) is 0. The van der Waals surface area contributed by atoms with Gasteiger partial charge in [0.2, 0.25) is 5.91 Å². The standard InChI is InChI=1S/C21H28F3N3O3/c1-14(2)10-18-19(28)25(8-9-30-3)12-17-13-26(20(29)27(17)18)11-15-4-6-16(7-5-15)21(22,23)24/h4-7,14,17-18H,8-13H2,1-3H3/t17-,18-/m0/s1. The molecule has 2 atom stereocenters. The molecule has 1 aromatic carbocycles. The fourth-order valence-electron chi connectivity index (χ4n) is 4.16. The molecule has 2 aliphatic heterocycles. The molecule has 2 saturated heterocycles. The normalized spacial score (nSPS) is 22.3. The van der Waals surface area contributed by atoms with Crippen LogP contribution in [0.15, 0.2) is 24.3 Å². The largest absolute Gasteiger partial charge is 0.416 e. The van der Waals surface area contributed by atoms with E-state index in [4.69, 9.17) is 4.74 Å². The number of carbonyl (C=O) groups excluding carboxylic acids is 2. The molecular weight excluding hydrogens is 399 g/mol. The first-order valence-electron chi connectivity index (χ1n) is 10.1. The summed E-state index contributed by atoms with van der Waals surface area (Å²) in [5.74, 6) is 0.167. The van der Waals surface area contributed by atoms with Crippen LogP contribution in [-0.4, -0.2) is 72.1 Å². The molecule has 30 heavy (non-hydrogen) atoms. The molecule has 166 valence electrons. The second-order valence-electron chi connectivity index (χ2n) is 8.34. The van der Waals surface area contributed by atoms with E-state index in [1.807, 2.05) is 13.8 Å². The third kappa shape index (κ3) is 4.71. The van der Waals surface area contributed by atoms with E-state index in [0.717, 1.165) is 12.1 Å². The summed E-state index contributed by atoms with van der Waals surface area (Å²) in [6.07, 6.45) is -3.82. The number of rotatable bonds is 7. The maximum Gasteiger partial charge on any atom is 0.416 e. The van der Waals surface area contributed by atoms with Crippen LogP contribution in [0.4, 0.5) is 18.0 Å². The highest BCUT2D eigenvalue weighted by atomic mass is 19.4. The fraction of sp³-hybridized carbons (Fsp3) is 0.619. The maximum absolute atomic E-state index is 13.1. The molecule has 0 radical (unpaired) electrons. The molecule has 3 rings (SSSR count). The number of hydrogen-bond acceptors (Lipinski definition) is 3. The Kier molecular flexibility index (Phi) is 6.59. The van der Waals surface area contributed by atoms with Crippen LogP contribution in [0.3, 0.4) is 0 Å². The van der Waals surface area contributed by atoms with Gasteiger partial charge in [0, 0.05) is 33.3 Å². The van der Waals surface area contributed by atoms with Crippen molar-refractivity contribution in [1.82, 2.24) is 14.7 Å². The minimum Gasteiger partial charge on any atom is -0.383 e. The number of alkyl halides is 3. The molecule has 6 nitrogen and oxygen atoms in total. The Morgan fingerprint density at radius 3 is 2.30 bits per heavy atom. The number of carbonyl (C=O) groups is 2. The lowest BCUT2D eigenvalue weighted by Gasteiger charge is -2.42. The molecule has 1 aromatic rings. The number of nitrogens with zero attached hydrogens (tertiary/aromatic N) is 3. The van der Waals surface area contributed by atoms with Crippen LogP contribution >= 0.6 is 0 Å². The molecule has 0 unspecified atom stereocenters. The summed E-state index contributed by atoms with van der Waals surface area (Å²) in [6, 6.07) is 3.97. The van der Waals surface area contributed by atoms with E-state index >= 15 is 0 Å². The number of amides is 3. The monoisotopic (exact) mass is 427 g/mol. The average Bonchev–Trinajstić information content (AvgIpc) is 2.97. The quantitative estimate of drug-likeness (QED) is 0.672. The van der Waals surface area contributed by atoms with Gasteiger partial charge in [-0.1, -0.05) is 26.0 Å². The highest BCUT2D eigenvalue weighted by molar-refractivity contribution is 5.90. The minimum atomic E-state index is -4.39. The highest BCUT2D eigenvalue weighted by Crippen LogP contribution is 2.31. The summed E-state index contributed by atoms with van der Waals surface area (Å²) in [5.41, 5.74) is -0.0908. The van der Waals surface area contributed by atoms with Crippen molar-refractivity contribution in [3.63, 3.8) is 0 Å². The Balaban J connectivity index is 1.76. The zero-order chi connectivity index (χ0) is 22.1. The lowest BCUT2D eigenvalue weighted by atomic mass is 9.97. The van der Waals surface area contributed by atoms with Crippen LogP contribution in [-0.2, 0) is 22.3 Å². The molecule has 0 bridgehead atoms. The van der Waals surface area contributed by atoms with Crippen LogP contribution in [0.1, 0.15) is 31.4 Å². The molecule has 2 fully saturated rings. The van der Waals surface area contributed by atoms with Crippen LogP contribution < -0.4 is 0 Å². The van der Waals surface area contributed by atoms with Gasteiger partial charge in [0.25, 0.3) is 0 Å². The third-order valence-corrected chi connectivity index (χ3v) is 5.59. The molecule has 0 N–H and O–H groups in total. The van der Waals surface area contributed by atoms with E-state index in [1.165, 1.54) is 12.1 Å². The predicted molar refractivity (Wildman–Crippen MR) is 105 cm³/mol. The Labute approximate surface area is 174 Å². The van der Waals surface area contributed by atoms with Gasteiger partial charge in [-0.3, -0.25) is 4.79 Å². The number of urea groups is 1. The molecule has 0 saturated carbocycles. The summed E-state index contributed by atoms with van der Waals surface area (Å²) in [4.78, 5) is 31.2. The summed E-state index contributed by atoms with van der Waals surface area (Å²) in [7, 11) is 1.58. The average molecular weight is 427 g/mol. The van der Waals surface area contributed by atoms with E-state index < -0.39 is 17.8 Å². The van der Waals surface area contributed by atoms with Gasteiger partial charge in [-0.2, -0.15) is 13.2 Å². The van der Waals surface area contributed by atoms with E-state index in [-0.39, 0.29) is 30.4 Å². The zero-order valence-electron chi connectivity index (χ0n) is 17.5. The minimum absolute atomic E-state index is 0.0678. The first-order valence-corrected chi connectivity index (χ1v) is 10.1. The first kappa shape index (κ1) is 22.4. The number of piperazine rings is 1. The Bertz CT molecular complexity index is 767. The molecule has 2 heterocycles. The summed E-state index contributed by atoms with van der Waals surface area (Å²) in [6.45, 7) is 6.01. The van der Waals surface area contributed by atoms with Gasteiger partial charge in [-0.05, 0) is 30.0 Å². The smallest absolute Gasteiger partial charge is 0.383 e. The van der Waals surface area contributed by atoms with E-state index in [2.05, 4.69) is 0 Å². The molecule has 2 aliphatic rings. The van der Waals surface area contributed by atoms with Crippen LogP contribution in [0, 0.1) is 5.92 Å². The lowest BCUT2D eigenvalue weighted by Crippen LogP contribution is -2.61. The number of halogens is 3. The van der Waals surface area contributed by atoms with Crippen molar-refractivity contribution in [2.45, 2.75) is 45.1 Å². The van der Waals surface area contributed by atoms with Crippen LogP contribution in [0.2, 0.25) is 0 Å². The van der Waals surface area contributed by atoms with Gasteiger partial charge in [0.1, 0.15) is 6.04 Å². The van der Waals surface area contributed by atoms with E-state index in [9.17, 15) is 22.8 Å². The Hall–Kier alpha value is -2.29. The number of fused-ring (bicyclic) bond motifs is 1. The maximum atomic E-state index is 13.1. The van der Waals surface area contributed by atoms with Gasteiger partial charge < -0.3 is 19.4 Å².